The van der Waals surface area contributed by atoms with Crippen molar-refractivity contribution in [3.8, 4) is 11.1 Å². The highest BCUT2D eigenvalue weighted by Gasteiger charge is 2.23. The number of fused-ring (bicyclic) bond motifs is 1. The van der Waals surface area contributed by atoms with Gasteiger partial charge in [-0.2, -0.15) is 0 Å². The number of rotatable bonds is 5. The minimum Gasteiger partial charge on any atom is -0.352 e. The number of nitrogens with one attached hydrogen (secondary N) is 2. The predicted molar refractivity (Wildman–Crippen MR) is 118 cm³/mol. The highest BCUT2D eigenvalue weighted by molar-refractivity contribution is 7.22. The lowest BCUT2D eigenvalue weighted by atomic mass is 9.96. The number of benzene rings is 2. The molecule has 2 aromatic carbocycles. The van der Waals surface area contributed by atoms with Gasteiger partial charge in [0.2, 0.25) is 5.91 Å². The van der Waals surface area contributed by atoms with E-state index in [0.29, 0.717) is 16.6 Å². The number of thiazole rings is 1. The maximum absolute atomic E-state index is 12.4. The van der Waals surface area contributed by atoms with Gasteiger partial charge in [-0.05, 0) is 54.2 Å². The van der Waals surface area contributed by atoms with Crippen LogP contribution >= 0.6 is 11.3 Å². The van der Waals surface area contributed by atoms with Crippen molar-refractivity contribution in [2.24, 2.45) is 11.3 Å². The van der Waals surface area contributed by atoms with E-state index in [4.69, 9.17) is 0 Å². The number of hydrogen-bond donors (Lipinski definition) is 2. The molecule has 1 aliphatic carbocycles. The molecule has 0 bridgehead atoms. The molecule has 150 valence electrons. The molecule has 1 heterocycles. The quantitative estimate of drug-likeness (QED) is 0.619. The maximum Gasteiger partial charge on any atom is 0.251 e. The Kier molecular flexibility index (Phi) is 5.13. The van der Waals surface area contributed by atoms with Crippen molar-refractivity contribution in [3.05, 3.63) is 48.0 Å². The summed E-state index contributed by atoms with van der Waals surface area (Å²) in [6.07, 6.45) is 2.43. The second-order valence-electron chi connectivity index (χ2n) is 8.64. The fourth-order valence-corrected chi connectivity index (χ4v) is 3.79. The largest absolute Gasteiger partial charge is 0.352 e. The van der Waals surface area contributed by atoms with Crippen molar-refractivity contribution in [1.29, 1.82) is 0 Å². The minimum atomic E-state index is -0.469. The predicted octanol–water partition coefficient (Wildman–Crippen LogP) is 5.09. The molecule has 6 heteroatoms. The Hall–Kier alpha value is -2.73. The molecule has 1 saturated carbocycles. The number of amides is 2. The summed E-state index contributed by atoms with van der Waals surface area (Å²) in [5.41, 5.74) is 3.00. The highest BCUT2D eigenvalue weighted by atomic mass is 32.1. The Morgan fingerprint density at radius 2 is 1.86 bits per heavy atom. The zero-order chi connectivity index (χ0) is 20.6. The average Bonchev–Trinajstić information content (AvgIpc) is 3.43. The van der Waals surface area contributed by atoms with Gasteiger partial charge in [0.15, 0.2) is 5.13 Å². The van der Waals surface area contributed by atoms with Crippen LogP contribution < -0.4 is 10.6 Å². The van der Waals surface area contributed by atoms with Crippen LogP contribution in [0.15, 0.2) is 42.5 Å². The number of carbonyl (C=O) groups excluding carboxylic acids is 2. The van der Waals surface area contributed by atoms with E-state index in [-0.39, 0.29) is 11.8 Å². The summed E-state index contributed by atoms with van der Waals surface area (Å²) in [5, 5.41) is 6.51. The average molecular weight is 408 g/mol. The number of hydrogen-bond acceptors (Lipinski definition) is 4. The monoisotopic (exact) mass is 407 g/mol. The van der Waals surface area contributed by atoms with Crippen LogP contribution in [-0.4, -0.2) is 23.3 Å². The standard InChI is InChI=1S/C23H25N3O2S/c1-23(2,3)21(28)26-22-25-18-12-16(9-10-19(18)29-22)15-5-4-6-17(11-15)20(27)24-13-14-7-8-14/h4-6,9-12,14H,7-8,13H2,1-3H3,(H,24,27)(H,25,26,28). The van der Waals surface area contributed by atoms with Crippen molar-refractivity contribution < 1.29 is 9.59 Å². The topological polar surface area (TPSA) is 71.1 Å². The van der Waals surface area contributed by atoms with Crippen molar-refractivity contribution >= 4 is 38.5 Å². The summed E-state index contributed by atoms with van der Waals surface area (Å²) in [6, 6.07) is 13.7. The van der Waals surface area contributed by atoms with Crippen LogP contribution in [0.2, 0.25) is 0 Å². The van der Waals surface area contributed by atoms with Gasteiger partial charge in [-0.3, -0.25) is 9.59 Å². The van der Waals surface area contributed by atoms with Crippen molar-refractivity contribution in [2.75, 3.05) is 11.9 Å². The molecule has 2 amide bonds. The third-order valence-electron chi connectivity index (χ3n) is 5.00. The molecule has 0 radical (unpaired) electrons. The number of anilines is 1. The van der Waals surface area contributed by atoms with Crippen LogP contribution in [0.5, 0.6) is 0 Å². The van der Waals surface area contributed by atoms with Gasteiger partial charge in [0.05, 0.1) is 10.2 Å². The van der Waals surface area contributed by atoms with E-state index in [1.54, 1.807) is 0 Å². The lowest BCUT2D eigenvalue weighted by molar-refractivity contribution is -0.123. The molecule has 5 nitrogen and oxygen atoms in total. The fourth-order valence-electron chi connectivity index (χ4n) is 2.95. The normalized spacial score (nSPS) is 14.0. The van der Waals surface area contributed by atoms with Gasteiger partial charge in [-0.25, -0.2) is 4.98 Å². The zero-order valence-corrected chi connectivity index (χ0v) is 17.7. The third-order valence-corrected chi connectivity index (χ3v) is 5.95. The van der Waals surface area contributed by atoms with E-state index >= 15 is 0 Å². The van der Waals surface area contributed by atoms with Gasteiger partial charge in [0, 0.05) is 17.5 Å². The Morgan fingerprint density at radius 1 is 1.10 bits per heavy atom. The smallest absolute Gasteiger partial charge is 0.251 e. The van der Waals surface area contributed by atoms with E-state index in [1.807, 2.05) is 63.2 Å². The molecule has 0 unspecified atom stereocenters. The van der Waals surface area contributed by atoms with Gasteiger partial charge < -0.3 is 10.6 Å². The first-order valence-electron chi connectivity index (χ1n) is 9.90. The first kappa shape index (κ1) is 19.6. The Balaban J connectivity index is 1.55. The van der Waals surface area contributed by atoms with Crippen molar-refractivity contribution in [3.63, 3.8) is 0 Å². The van der Waals surface area contributed by atoms with Gasteiger partial charge >= 0.3 is 0 Å². The fraction of sp³-hybridized carbons (Fsp3) is 0.348. The van der Waals surface area contributed by atoms with E-state index in [1.165, 1.54) is 24.2 Å². The van der Waals surface area contributed by atoms with Crippen LogP contribution in [0, 0.1) is 11.3 Å². The molecule has 0 aliphatic heterocycles. The van der Waals surface area contributed by atoms with Gasteiger partial charge in [0.25, 0.3) is 5.91 Å². The molecule has 4 rings (SSSR count). The Morgan fingerprint density at radius 3 is 2.59 bits per heavy atom. The van der Waals surface area contributed by atoms with Crippen molar-refractivity contribution in [2.45, 2.75) is 33.6 Å². The molecule has 0 atom stereocenters. The number of aromatic nitrogens is 1. The molecule has 29 heavy (non-hydrogen) atoms. The molecular formula is C23H25N3O2S. The van der Waals surface area contributed by atoms with E-state index in [9.17, 15) is 9.59 Å². The summed E-state index contributed by atoms with van der Waals surface area (Å²) >= 11 is 1.46. The lowest BCUT2D eigenvalue weighted by Gasteiger charge is -2.15. The molecular weight excluding hydrogens is 382 g/mol. The SMILES string of the molecule is CC(C)(C)C(=O)Nc1nc2cc(-c3cccc(C(=O)NCC4CC4)c3)ccc2s1. The molecule has 0 spiro atoms. The van der Waals surface area contributed by atoms with Crippen LogP contribution in [0.4, 0.5) is 5.13 Å². The summed E-state index contributed by atoms with van der Waals surface area (Å²) in [4.78, 5) is 29.2. The second kappa shape index (κ2) is 7.59. The first-order valence-corrected chi connectivity index (χ1v) is 10.7. The van der Waals surface area contributed by atoms with Crippen LogP contribution in [-0.2, 0) is 4.79 Å². The zero-order valence-electron chi connectivity index (χ0n) is 16.9. The van der Waals surface area contributed by atoms with E-state index in [2.05, 4.69) is 15.6 Å². The molecule has 2 N–H and O–H groups in total. The third kappa shape index (κ3) is 4.65. The summed E-state index contributed by atoms with van der Waals surface area (Å²) in [6.45, 7) is 6.39. The molecule has 3 aromatic rings. The molecule has 0 saturated heterocycles. The number of carbonyl (C=O) groups is 2. The number of nitrogens with zero attached hydrogens (tertiary/aromatic N) is 1. The molecule has 1 aliphatic rings. The van der Waals surface area contributed by atoms with Crippen molar-refractivity contribution in [1.82, 2.24) is 10.3 Å². The van der Waals surface area contributed by atoms with Gasteiger partial charge in [-0.1, -0.05) is 50.3 Å². The Labute approximate surface area is 174 Å². The van der Waals surface area contributed by atoms with Gasteiger partial charge in [-0.15, -0.1) is 0 Å². The second-order valence-corrected chi connectivity index (χ2v) is 9.67. The van der Waals surface area contributed by atoms with Gasteiger partial charge in [0.1, 0.15) is 0 Å². The Bertz CT molecular complexity index is 1080. The summed E-state index contributed by atoms with van der Waals surface area (Å²) in [7, 11) is 0. The lowest BCUT2D eigenvalue weighted by Crippen LogP contribution is -2.27. The maximum atomic E-state index is 12.4. The summed E-state index contributed by atoms with van der Waals surface area (Å²) in [5.74, 6) is 0.574. The first-order chi connectivity index (χ1) is 13.8. The van der Waals surface area contributed by atoms with E-state index in [0.717, 1.165) is 27.9 Å². The minimum absolute atomic E-state index is 0.0272. The van der Waals surface area contributed by atoms with Crippen LogP contribution in [0.25, 0.3) is 21.3 Å². The molecule has 1 aromatic heterocycles. The highest BCUT2D eigenvalue weighted by Crippen LogP contribution is 2.31. The molecule has 1 fully saturated rings. The van der Waals surface area contributed by atoms with E-state index < -0.39 is 5.41 Å². The van der Waals surface area contributed by atoms with Crippen LogP contribution in [0.3, 0.4) is 0 Å². The summed E-state index contributed by atoms with van der Waals surface area (Å²) < 4.78 is 1.01. The van der Waals surface area contributed by atoms with Crippen LogP contribution in [0.1, 0.15) is 44.0 Å².